The first-order valence-corrected chi connectivity index (χ1v) is 5.21. The number of carbonyl (C=O) groups is 1. The van der Waals surface area contributed by atoms with E-state index >= 15 is 0 Å². The number of nitro groups is 1. The molecular formula is C9H10BrN3O3. The Labute approximate surface area is 100 Å². The van der Waals surface area contributed by atoms with E-state index in [4.69, 9.17) is 5.73 Å². The summed E-state index contributed by atoms with van der Waals surface area (Å²) >= 11 is 3.18. The number of anilines is 1. The molecule has 0 radical (unpaired) electrons. The molecule has 0 aliphatic carbocycles. The molecule has 0 aliphatic rings. The van der Waals surface area contributed by atoms with Gasteiger partial charge in [-0.2, -0.15) is 0 Å². The van der Waals surface area contributed by atoms with Crippen molar-refractivity contribution >= 4 is 33.2 Å². The van der Waals surface area contributed by atoms with Crippen molar-refractivity contribution in [2.45, 2.75) is 13.0 Å². The molecule has 0 saturated carbocycles. The third kappa shape index (κ3) is 3.01. The molecule has 86 valence electrons. The molecule has 1 aromatic carbocycles. The highest BCUT2D eigenvalue weighted by molar-refractivity contribution is 9.10. The summed E-state index contributed by atoms with van der Waals surface area (Å²) < 4.78 is 0.562. The minimum atomic E-state index is -0.675. The van der Waals surface area contributed by atoms with Gasteiger partial charge in [-0.1, -0.05) is 0 Å². The lowest BCUT2D eigenvalue weighted by atomic mass is 10.2. The standard InChI is InChI=1S/C9H10BrN3O3/c1-5(11)9(14)12-8-4-6(13(15)16)2-3-7(8)10/h2-5H,11H2,1H3,(H,12,14)/t5-/m1/s1. The monoisotopic (exact) mass is 287 g/mol. The Hall–Kier alpha value is -1.47. The van der Waals surface area contributed by atoms with Crippen LogP contribution in [0.1, 0.15) is 6.92 Å². The minimum absolute atomic E-state index is 0.0943. The quantitative estimate of drug-likeness (QED) is 0.652. The summed E-state index contributed by atoms with van der Waals surface area (Å²) in [6.45, 7) is 1.53. The number of hydrogen-bond acceptors (Lipinski definition) is 4. The van der Waals surface area contributed by atoms with Crippen LogP contribution in [0.2, 0.25) is 0 Å². The van der Waals surface area contributed by atoms with Gasteiger partial charge < -0.3 is 11.1 Å². The van der Waals surface area contributed by atoms with Gasteiger partial charge in [0, 0.05) is 16.6 Å². The maximum atomic E-state index is 11.3. The number of benzene rings is 1. The fourth-order valence-electron chi connectivity index (χ4n) is 0.969. The highest BCUT2D eigenvalue weighted by Gasteiger charge is 2.13. The van der Waals surface area contributed by atoms with Crippen molar-refractivity contribution in [3.8, 4) is 0 Å². The first-order chi connectivity index (χ1) is 7.41. The van der Waals surface area contributed by atoms with Crippen molar-refractivity contribution in [2.24, 2.45) is 5.73 Å². The van der Waals surface area contributed by atoms with E-state index in [-0.39, 0.29) is 5.69 Å². The van der Waals surface area contributed by atoms with E-state index < -0.39 is 16.9 Å². The third-order valence-corrected chi connectivity index (χ3v) is 2.52. The van der Waals surface area contributed by atoms with E-state index in [0.29, 0.717) is 10.2 Å². The molecule has 1 aromatic rings. The zero-order valence-electron chi connectivity index (χ0n) is 8.44. The minimum Gasteiger partial charge on any atom is -0.324 e. The Morgan fingerprint density at radius 3 is 2.75 bits per heavy atom. The average Bonchev–Trinajstić information content (AvgIpc) is 2.20. The van der Waals surface area contributed by atoms with Crippen LogP contribution in [-0.2, 0) is 4.79 Å². The van der Waals surface area contributed by atoms with Gasteiger partial charge in [0.2, 0.25) is 5.91 Å². The largest absolute Gasteiger partial charge is 0.324 e. The zero-order valence-corrected chi connectivity index (χ0v) is 10.0. The van der Waals surface area contributed by atoms with Crippen molar-refractivity contribution in [1.29, 1.82) is 0 Å². The second-order valence-electron chi connectivity index (χ2n) is 3.20. The highest BCUT2D eigenvalue weighted by atomic mass is 79.9. The predicted molar refractivity (Wildman–Crippen MR) is 63.1 cm³/mol. The van der Waals surface area contributed by atoms with Crippen molar-refractivity contribution in [3.05, 3.63) is 32.8 Å². The molecule has 1 atom stereocenters. The number of hydrogen-bond donors (Lipinski definition) is 2. The van der Waals surface area contributed by atoms with Gasteiger partial charge in [-0.25, -0.2) is 0 Å². The van der Waals surface area contributed by atoms with E-state index in [9.17, 15) is 14.9 Å². The lowest BCUT2D eigenvalue weighted by Gasteiger charge is -2.09. The summed E-state index contributed by atoms with van der Waals surface area (Å²) in [5, 5.41) is 13.0. The average molecular weight is 288 g/mol. The van der Waals surface area contributed by atoms with Crippen molar-refractivity contribution in [2.75, 3.05) is 5.32 Å². The highest BCUT2D eigenvalue weighted by Crippen LogP contribution is 2.27. The van der Waals surface area contributed by atoms with Crippen LogP contribution in [0.5, 0.6) is 0 Å². The second kappa shape index (κ2) is 5.04. The van der Waals surface area contributed by atoms with Gasteiger partial charge in [-0.15, -0.1) is 0 Å². The van der Waals surface area contributed by atoms with Gasteiger partial charge in [0.25, 0.3) is 5.69 Å². The van der Waals surface area contributed by atoms with E-state index in [0.717, 1.165) is 0 Å². The summed E-state index contributed by atoms with van der Waals surface area (Å²) in [6.07, 6.45) is 0. The first-order valence-electron chi connectivity index (χ1n) is 4.42. The summed E-state index contributed by atoms with van der Waals surface area (Å²) in [5.41, 5.74) is 5.61. The van der Waals surface area contributed by atoms with Crippen LogP contribution >= 0.6 is 15.9 Å². The Kier molecular flexibility index (Phi) is 3.97. The normalized spacial score (nSPS) is 11.9. The Morgan fingerprint density at radius 2 is 2.25 bits per heavy atom. The maximum Gasteiger partial charge on any atom is 0.271 e. The molecule has 0 bridgehead atoms. The zero-order chi connectivity index (χ0) is 12.3. The fraction of sp³-hybridized carbons (Fsp3) is 0.222. The molecular weight excluding hydrogens is 278 g/mol. The second-order valence-corrected chi connectivity index (χ2v) is 4.05. The number of carbonyl (C=O) groups excluding carboxylic acids is 1. The van der Waals surface area contributed by atoms with Gasteiger partial charge in [-0.3, -0.25) is 14.9 Å². The number of rotatable bonds is 3. The molecule has 7 heteroatoms. The lowest BCUT2D eigenvalue weighted by Crippen LogP contribution is -2.32. The van der Waals surface area contributed by atoms with Gasteiger partial charge in [0.15, 0.2) is 0 Å². The lowest BCUT2D eigenvalue weighted by molar-refractivity contribution is -0.384. The van der Waals surface area contributed by atoms with Gasteiger partial charge >= 0.3 is 0 Å². The van der Waals surface area contributed by atoms with E-state index in [1.165, 1.54) is 25.1 Å². The Morgan fingerprint density at radius 1 is 1.62 bits per heavy atom. The maximum absolute atomic E-state index is 11.3. The molecule has 0 aliphatic heterocycles. The number of halogens is 1. The molecule has 6 nitrogen and oxygen atoms in total. The van der Waals surface area contributed by atoms with Gasteiger partial charge in [0.05, 0.1) is 16.7 Å². The van der Waals surface area contributed by atoms with Crippen LogP contribution in [0.3, 0.4) is 0 Å². The number of amides is 1. The number of non-ortho nitro benzene ring substituents is 1. The van der Waals surface area contributed by atoms with Crippen LogP contribution in [-0.4, -0.2) is 16.9 Å². The van der Waals surface area contributed by atoms with E-state index in [2.05, 4.69) is 21.2 Å². The van der Waals surface area contributed by atoms with E-state index in [1.54, 1.807) is 0 Å². The molecule has 1 amide bonds. The van der Waals surface area contributed by atoms with Crippen LogP contribution in [0.15, 0.2) is 22.7 Å². The van der Waals surface area contributed by atoms with Crippen molar-refractivity contribution in [3.63, 3.8) is 0 Å². The fourth-order valence-corrected chi connectivity index (χ4v) is 1.31. The number of nitrogens with two attached hydrogens (primary N) is 1. The van der Waals surface area contributed by atoms with E-state index in [1.807, 2.05) is 0 Å². The number of nitrogens with one attached hydrogen (secondary N) is 1. The summed E-state index contributed by atoms with van der Waals surface area (Å²) in [6, 6.07) is 3.43. The molecule has 3 N–H and O–H groups in total. The molecule has 0 spiro atoms. The third-order valence-electron chi connectivity index (χ3n) is 1.83. The molecule has 16 heavy (non-hydrogen) atoms. The van der Waals surface area contributed by atoms with Gasteiger partial charge in [-0.05, 0) is 28.9 Å². The van der Waals surface area contributed by atoms with Crippen LogP contribution < -0.4 is 11.1 Å². The summed E-state index contributed by atoms with van der Waals surface area (Å²) in [7, 11) is 0. The van der Waals surface area contributed by atoms with Gasteiger partial charge in [0.1, 0.15) is 0 Å². The number of nitro benzene ring substituents is 1. The Bertz CT molecular complexity index is 434. The number of nitrogens with zero attached hydrogens (tertiary/aromatic N) is 1. The van der Waals surface area contributed by atoms with Crippen molar-refractivity contribution < 1.29 is 9.72 Å². The molecule has 0 unspecified atom stereocenters. The molecule has 0 heterocycles. The predicted octanol–water partition coefficient (Wildman–Crippen LogP) is 1.64. The first kappa shape index (κ1) is 12.6. The molecule has 0 saturated heterocycles. The van der Waals surface area contributed by atoms with Crippen LogP contribution in [0.25, 0.3) is 0 Å². The topological polar surface area (TPSA) is 98.3 Å². The molecule has 0 aromatic heterocycles. The smallest absolute Gasteiger partial charge is 0.271 e. The summed E-state index contributed by atoms with van der Waals surface area (Å²) in [5.74, 6) is -0.402. The van der Waals surface area contributed by atoms with Crippen LogP contribution in [0.4, 0.5) is 11.4 Å². The SMILES string of the molecule is C[C@@H](N)C(=O)Nc1cc([N+](=O)[O-])ccc1Br. The molecule has 0 fully saturated rings. The summed E-state index contributed by atoms with van der Waals surface area (Å²) in [4.78, 5) is 21.3. The van der Waals surface area contributed by atoms with Crippen LogP contribution in [0, 0.1) is 10.1 Å². The molecule has 1 rings (SSSR count). The Balaban J connectivity index is 2.99. The van der Waals surface area contributed by atoms with Crippen molar-refractivity contribution in [1.82, 2.24) is 0 Å².